The van der Waals surface area contributed by atoms with E-state index in [1.54, 1.807) is 4.90 Å². The molecule has 1 fully saturated rings. The zero-order valence-corrected chi connectivity index (χ0v) is 14.0. The Labute approximate surface area is 123 Å². The summed E-state index contributed by atoms with van der Waals surface area (Å²) >= 11 is 0. The maximum atomic E-state index is 12.0. The molecular weight excluding hydrogens is 254 g/mol. The summed E-state index contributed by atoms with van der Waals surface area (Å²) in [5.41, 5.74) is -0.521. The minimum atomic E-state index is -0.426. The van der Waals surface area contributed by atoms with Gasteiger partial charge in [0.15, 0.2) is 0 Å². The largest absolute Gasteiger partial charge is 0.444 e. The van der Waals surface area contributed by atoms with Crippen molar-refractivity contribution in [2.75, 3.05) is 19.7 Å². The molecule has 118 valence electrons. The van der Waals surface area contributed by atoms with E-state index in [0.29, 0.717) is 19.0 Å². The van der Waals surface area contributed by atoms with Crippen LogP contribution in [-0.4, -0.2) is 41.9 Å². The molecule has 0 aromatic rings. The van der Waals surface area contributed by atoms with E-state index in [0.717, 1.165) is 25.9 Å². The molecule has 1 atom stereocenters. The predicted molar refractivity (Wildman–Crippen MR) is 80.9 cm³/mol. The maximum Gasteiger partial charge on any atom is 0.410 e. The fraction of sp³-hybridized carbons (Fsp3) is 0.938. The molecule has 20 heavy (non-hydrogen) atoms. The summed E-state index contributed by atoms with van der Waals surface area (Å²) in [6.45, 7) is 14.5. The van der Waals surface area contributed by atoms with E-state index < -0.39 is 5.60 Å². The number of hydrogen-bond donors (Lipinski definition) is 0. The van der Waals surface area contributed by atoms with E-state index in [1.165, 1.54) is 0 Å². The molecule has 0 N–H and O–H groups in total. The summed E-state index contributed by atoms with van der Waals surface area (Å²) in [4.78, 5) is 13.8. The second-order valence-corrected chi connectivity index (χ2v) is 7.24. The minimum Gasteiger partial charge on any atom is -0.444 e. The first kappa shape index (κ1) is 17.3. The van der Waals surface area contributed by atoms with Gasteiger partial charge in [0, 0.05) is 19.7 Å². The van der Waals surface area contributed by atoms with Crippen LogP contribution in [-0.2, 0) is 9.47 Å². The van der Waals surface area contributed by atoms with Crippen molar-refractivity contribution in [3.8, 4) is 0 Å². The quantitative estimate of drug-likeness (QED) is 0.787. The first-order valence-electron chi connectivity index (χ1n) is 7.77. The number of carbonyl (C=O) groups excluding carboxylic acids is 1. The molecule has 0 spiro atoms. The number of amides is 1. The van der Waals surface area contributed by atoms with Crippen LogP contribution in [0.3, 0.4) is 0 Å². The lowest BCUT2D eigenvalue weighted by atomic mass is 9.93. The molecule has 0 radical (unpaired) electrons. The zero-order valence-electron chi connectivity index (χ0n) is 14.0. The molecule has 1 heterocycles. The average Bonchev–Trinajstić information content (AvgIpc) is 2.34. The van der Waals surface area contributed by atoms with Crippen LogP contribution in [0.2, 0.25) is 0 Å². The highest BCUT2D eigenvalue weighted by molar-refractivity contribution is 5.68. The van der Waals surface area contributed by atoms with Gasteiger partial charge < -0.3 is 14.4 Å². The van der Waals surface area contributed by atoms with Crippen LogP contribution in [0, 0.1) is 5.92 Å². The van der Waals surface area contributed by atoms with E-state index in [2.05, 4.69) is 20.8 Å². The smallest absolute Gasteiger partial charge is 0.410 e. The third-order valence-electron chi connectivity index (χ3n) is 3.89. The monoisotopic (exact) mass is 285 g/mol. The van der Waals surface area contributed by atoms with Crippen LogP contribution in [0.1, 0.15) is 60.8 Å². The van der Waals surface area contributed by atoms with Crippen molar-refractivity contribution >= 4 is 6.09 Å². The number of hydrogen-bond acceptors (Lipinski definition) is 3. The van der Waals surface area contributed by atoms with Crippen LogP contribution in [0.4, 0.5) is 4.79 Å². The van der Waals surface area contributed by atoms with Crippen molar-refractivity contribution < 1.29 is 14.3 Å². The molecule has 0 aromatic carbocycles. The van der Waals surface area contributed by atoms with Gasteiger partial charge in [-0.15, -0.1) is 0 Å². The Morgan fingerprint density at radius 1 is 1.30 bits per heavy atom. The van der Waals surface area contributed by atoms with Crippen molar-refractivity contribution in [1.82, 2.24) is 4.90 Å². The summed E-state index contributed by atoms with van der Waals surface area (Å²) in [6, 6.07) is 0. The summed E-state index contributed by atoms with van der Waals surface area (Å²) in [5.74, 6) is 0.593. The number of likely N-dealkylation sites (tertiary alicyclic amines) is 1. The second-order valence-electron chi connectivity index (χ2n) is 7.24. The third kappa shape index (κ3) is 5.70. The molecule has 1 rings (SSSR count). The van der Waals surface area contributed by atoms with Gasteiger partial charge in [-0.3, -0.25) is 0 Å². The minimum absolute atomic E-state index is 0.0953. The maximum absolute atomic E-state index is 12.0. The van der Waals surface area contributed by atoms with Gasteiger partial charge in [0.25, 0.3) is 0 Å². The highest BCUT2D eigenvalue weighted by Crippen LogP contribution is 2.27. The van der Waals surface area contributed by atoms with Gasteiger partial charge in [0.05, 0.1) is 5.60 Å². The normalized spacial score (nSPS) is 20.6. The Kier molecular flexibility index (Phi) is 5.87. The van der Waals surface area contributed by atoms with Gasteiger partial charge in [0.1, 0.15) is 5.60 Å². The lowest BCUT2D eigenvalue weighted by Gasteiger charge is -2.40. The standard InChI is InChI=1S/C16H31NO3/c1-7-13(2)12-19-16(6)8-10-17(11-9-16)14(18)20-15(3,4)5/h13H,7-12H2,1-6H3. The molecule has 1 aliphatic rings. The Bertz CT molecular complexity index is 314. The summed E-state index contributed by atoms with van der Waals surface area (Å²) in [7, 11) is 0. The number of ether oxygens (including phenoxy) is 2. The second kappa shape index (κ2) is 6.79. The van der Waals surface area contributed by atoms with E-state index in [4.69, 9.17) is 9.47 Å². The van der Waals surface area contributed by atoms with Crippen molar-refractivity contribution in [3.63, 3.8) is 0 Å². The highest BCUT2D eigenvalue weighted by atomic mass is 16.6. The predicted octanol–water partition coefficient (Wildman–Crippen LogP) is 3.84. The van der Waals surface area contributed by atoms with Crippen LogP contribution < -0.4 is 0 Å². The molecule has 1 aliphatic heterocycles. The van der Waals surface area contributed by atoms with Crippen LogP contribution in [0.5, 0.6) is 0 Å². The molecule has 4 nitrogen and oxygen atoms in total. The van der Waals surface area contributed by atoms with E-state index in [9.17, 15) is 4.79 Å². The number of piperidine rings is 1. The summed E-state index contributed by atoms with van der Waals surface area (Å²) in [5, 5.41) is 0. The van der Waals surface area contributed by atoms with Gasteiger partial charge >= 0.3 is 6.09 Å². The Balaban J connectivity index is 2.40. The van der Waals surface area contributed by atoms with E-state index >= 15 is 0 Å². The number of nitrogens with zero attached hydrogens (tertiary/aromatic N) is 1. The van der Waals surface area contributed by atoms with E-state index in [-0.39, 0.29) is 11.7 Å². The SMILES string of the molecule is CCC(C)COC1(C)CCN(C(=O)OC(C)(C)C)CC1. The topological polar surface area (TPSA) is 38.8 Å². The van der Waals surface area contributed by atoms with Crippen LogP contribution in [0.15, 0.2) is 0 Å². The number of carbonyl (C=O) groups is 1. The van der Waals surface area contributed by atoms with Crippen molar-refractivity contribution in [3.05, 3.63) is 0 Å². The molecule has 0 aliphatic carbocycles. The molecule has 0 aromatic heterocycles. The van der Waals surface area contributed by atoms with Gasteiger partial charge in [-0.1, -0.05) is 20.3 Å². The third-order valence-corrected chi connectivity index (χ3v) is 3.89. The van der Waals surface area contributed by atoms with Crippen LogP contribution >= 0.6 is 0 Å². The molecule has 0 bridgehead atoms. The Morgan fingerprint density at radius 2 is 1.85 bits per heavy atom. The van der Waals surface area contributed by atoms with Gasteiger partial charge in [-0.05, 0) is 46.5 Å². The Morgan fingerprint density at radius 3 is 2.30 bits per heavy atom. The fourth-order valence-corrected chi connectivity index (χ4v) is 2.09. The molecule has 1 unspecified atom stereocenters. The molecular formula is C16H31NO3. The lowest BCUT2D eigenvalue weighted by molar-refractivity contribution is -0.0825. The molecule has 1 amide bonds. The molecule has 4 heteroatoms. The van der Waals surface area contributed by atoms with Gasteiger partial charge in [0.2, 0.25) is 0 Å². The zero-order chi connectivity index (χ0) is 15.4. The van der Waals surface area contributed by atoms with Gasteiger partial charge in [-0.2, -0.15) is 0 Å². The molecule has 0 saturated carbocycles. The number of rotatable bonds is 4. The Hall–Kier alpha value is -0.770. The molecule has 1 saturated heterocycles. The first-order chi connectivity index (χ1) is 9.15. The summed E-state index contributed by atoms with van der Waals surface area (Å²) < 4.78 is 11.5. The average molecular weight is 285 g/mol. The van der Waals surface area contributed by atoms with Crippen LogP contribution in [0.25, 0.3) is 0 Å². The van der Waals surface area contributed by atoms with Crippen molar-refractivity contribution in [2.45, 2.75) is 72.0 Å². The van der Waals surface area contributed by atoms with Gasteiger partial charge in [-0.25, -0.2) is 4.79 Å². The summed E-state index contributed by atoms with van der Waals surface area (Å²) in [6.07, 6.45) is 2.69. The van der Waals surface area contributed by atoms with E-state index in [1.807, 2.05) is 20.8 Å². The fourth-order valence-electron chi connectivity index (χ4n) is 2.09. The highest BCUT2D eigenvalue weighted by Gasteiger charge is 2.34. The first-order valence-corrected chi connectivity index (χ1v) is 7.77. The van der Waals surface area contributed by atoms with Crippen molar-refractivity contribution in [1.29, 1.82) is 0 Å². The lowest BCUT2D eigenvalue weighted by Crippen LogP contribution is -2.48. The van der Waals surface area contributed by atoms with Crippen molar-refractivity contribution in [2.24, 2.45) is 5.92 Å².